The van der Waals surface area contributed by atoms with Gasteiger partial charge < -0.3 is 14.6 Å². The van der Waals surface area contributed by atoms with Gasteiger partial charge in [0.15, 0.2) is 0 Å². The van der Waals surface area contributed by atoms with Crippen LogP contribution in [-0.2, 0) is 0 Å². The van der Waals surface area contributed by atoms with E-state index in [0.717, 1.165) is 16.9 Å². The Bertz CT molecular complexity index is 585. The normalized spacial score (nSPS) is 10.4. The molecule has 18 heavy (non-hydrogen) atoms. The summed E-state index contributed by atoms with van der Waals surface area (Å²) >= 11 is 0. The summed E-state index contributed by atoms with van der Waals surface area (Å²) in [5.74, 6) is -0.894. The topological polar surface area (TPSA) is 45.5 Å². The molecule has 2 aromatic rings. The zero-order valence-corrected chi connectivity index (χ0v) is 10.7. The number of carboxylic acid groups (broad SMARTS) is 1. The summed E-state index contributed by atoms with van der Waals surface area (Å²) in [6, 6.07) is 7.42. The molecular weight excluding hydrogens is 228 g/mol. The minimum atomic E-state index is -0.894. The van der Waals surface area contributed by atoms with E-state index in [1.165, 1.54) is 0 Å². The first-order chi connectivity index (χ1) is 8.49. The van der Waals surface area contributed by atoms with Crippen molar-refractivity contribution < 1.29 is 9.90 Å². The summed E-state index contributed by atoms with van der Waals surface area (Å²) in [5, 5.41) is 9.11. The van der Waals surface area contributed by atoms with Gasteiger partial charge in [0.1, 0.15) is 0 Å². The fourth-order valence-corrected chi connectivity index (χ4v) is 1.81. The van der Waals surface area contributed by atoms with Gasteiger partial charge in [-0.25, -0.2) is 4.79 Å². The first kappa shape index (κ1) is 12.2. The van der Waals surface area contributed by atoms with Gasteiger partial charge in [-0.15, -0.1) is 0 Å². The third kappa shape index (κ3) is 2.22. The van der Waals surface area contributed by atoms with Gasteiger partial charge in [-0.05, 0) is 30.7 Å². The van der Waals surface area contributed by atoms with E-state index < -0.39 is 5.97 Å². The molecule has 0 unspecified atom stereocenters. The second kappa shape index (κ2) is 4.56. The van der Waals surface area contributed by atoms with Gasteiger partial charge in [0.2, 0.25) is 0 Å². The maximum absolute atomic E-state index is 11.1. The average Bonchev–Trinajstić information content (AvgIpc) is 2.78. The van der Waals surface area contributed by atoms with Crippen LogP contribution in [0.2, 0.25) is 0 Å². The van der Waals surface area contributed by atoms with Gasteiger partial charge in [0, 0.05) is 32.2 Å². The van der Waals surface area contributed by atoms with Gasteiger partial charge in [-0.3, -0.25) is 0 Å². The van der Waals surface area contributed by atoms with Gasteiger partial charge in [0.25, 0.3) is 0 Å². The van der Waals surface area contributed by atoms with Crippen LogP contribution in [0.5, 0.6) is 0 Å². The number of aromatic nitrogens is 1. The number of anilines is 1. The summed E-state index contributed by atoms with van der Waals surface area (Å²) in [7, 11) is 3.94. The Morgan fingerprint density at radius 1 is 1.28 bits per heavy atom. The highest BCUT2D eigenvalue weighted by Crippen LogP contribution is 2.19. The first-order valence-electron chi connectivity index (χ1n) is 5.68. The molecule has 0 radical (unpaired) electrons. The van der Waals surface area contributed by atoms with E-state index in [4.69, 9.17) is 5.11 Å². The number of carbonyl (C=O) groups is 1. The van der Waals surface area contributed by atoms with E-state index in [1.54, 1.807) is 13.0 Å². The molecule has 4 nitrogen and oxygen atoms in total. The van der Waals surface area contributed by atoms with E-state index in [9.17, 15) is 4.79 Å². The van der Waals surface area contributed by atoms with Gasteiger partial charge in [0.05, 0.1) is 11.3 Å². The fraction of sp³-hybridized carbons (Fsp3) is 0.214. The average molecular weight is 244 g/mol. The lowest BCUT2D eigenvalue weighted by Crippen LogP contribution is -2.07. The molecule has 94 valence electrons. The Balaban J connectivity index is 2.44. The van der Waals surface area contributed by atoms with Crippen LogP contribution in [-0.4, -0.2) is 29.7 Å². The molecule has 1 aromatic carbocycles. The van der Waals surface area contributed by atoms with Gasteiger partial charge >= 0.3 is 5.97 Å². The van der Waals surface area contributed by atoms with Gasteiger partial charge in [-0.2, -0.15) is 0 Å². The summed E-state index contributed by atoms with van der Waals surface area (Å²) in [6.45, 7) is 1.80. The highest BCUT2D eigenvalue weighted by atomic mass is 16.4. The summed E-state index contributed by atoms with van der Waals surface area (Å²) in [4.78, 5) is 13.1. The number of hydrogen-bond acceptors (Lipinski definition) is 2. The smallest absolute Gasteiger partial charge is 0.336 e. The largest absolute Gasteiger partial charge is 0.478 e. The molecule has 0 spiro atoms. The van der Waals surface area contributed by atoms with E-state index in [1.807, 2.05) is 54.2 Å². The molecule has 0 amide bonds. The van der Waals surface area contributed by atoms with Crippen LogP contribution in [0.1, 0.15) is 15.9 Å². The number of hydrogen-bond donors (Lipinski definition) is 1. The second-order valence-corrected chi connectivity index (χ2v) is 4.48. The van der Waals surface area contributed by atoms with Crippen molar-refractivity contribution in [3.63, 3.8) is 0 Å². The number of aryl methyl sites for hydroxylation is 1. The Labute approximate surface area is 106 Å². The third-order valence-corrected chi connectivity index (χ3v) is 2.94. The van der Waals surface area contributed by atoms with Crippen LogP contribution in [0.15, 0.2) is 36.7 Å². The fourth-order valence-electron chi connectivity index (χ4n) is 1.81. The quantitative estimate of drug-likeness (QED) is 0.902. The Kier molecular flexibility index (Phi) is 3.10. The zero-order chi connectivity index (χ0) is 13.3. The van der Waals surface area contributed by atoms with Crippen LogP contribution in [0.3, 0.4) is 0 Å². The summed E-state index contributed by atoms with van der Waals surface area (Å²) in [5.41, 5.74) is 3.04. The van der Waals surface area contributed by atoms with Crippen LogP contribution < -0.4 is 4.90 Å². The molecule has 0 atom stereocenters. The van der Waals surface area contributed by atoms with E-state index in [0.29, 0.717) is 5.56 Å². The van der Waals surface area contributed by atoms with Crippen molar-refractivity contribution in [2.45, 2.75) is 6.92 Å². The molecular formula is C14H16N2O2. The van der Waals surface area contributed by atoms with Crippen molar-refractivity contribution in [2.24, 2.45) is 0 Å². The maximum Gasteiger partial charge on any atom is 0.336 e. The van der Waals surface area contributed by atoms with Crippen LogP contribution in [0, 0.1) is 6.92 Å². The molecule has 1 heterocycles. The van der Waals surface area contributed by atoms with Crippen molar-refractivity contribution in [1.82, 2.24) is 4.57 Å². The number of benzene rings is 1. The monoisotopic (exact) mass is 244 g/mol. The number of rotatable bonds is 3. The molecule has 2 rings (SSSR count). The molecule has 4 heteroatoms. The van der Waals surface area contributed by atoms with Crippen LogP contribution in [0.4, 0.5) is 5.69 Å². The standard InChI is InChI=1S/C14H16N2O2/c1-10-4-5-11(8-13(10)14(17)18)16-7-6-12(9-16)15(2)3/h4-9H,1-3H3,(H,17,18). The molecule has 1 aromatic heterocycles. The maximum atomic E-state index is 11.1. The molecule has 0 saturated heterocycles. The molecule has 0 bridgehead atoms. The first-order valence-corrected chi connectivity index (χ1v) is 5.68. The van der Waals surface area contributed by atoms with E-state index >= 15 is 0 Å². The SMILES string of the molecule is Cc1ccc(-n2ccc(N(C)C)c2)cc1C(=O)O. The molecule has 0 aliphatic rings. The third-order valence-electron chi connectivity index (χ3n) is 2.94. The highest BCUT2D eigenvalue weighted by molar-refractivity contribution is 5.90. The lowest BCUT2D eigenvalue weighted by Gasteiger charge is -2.09. The number of carboxylic acids is 1. The lowest BCUT2D eigenvalue weighted by atomic mass is 10.1. The minimum Gasteiger partial charge on any atom is -0.478 e. The van der Waals surface area contributed by atoms with E-state index in [2.05, 4.69) is 0 Å². The molecule has 1 N–H and O–H groups in total. The number of nitrogens with zero attached hydrogens (tertiary/aromatic N) is 2. The molecule has 0 aliphatic heterocycles. The zero-order valence-electron chi connectivity index (χ0n) is 10.7. The van der Waals surface area contributed by atoms with Crippen molar-refractivity contribution in [1.29, 1.82) is 0 Å². The molecule has 0 fully saturated rings. The number of aromatic carboxylic acids is 1. The van der Waals surface area contributed by atoms with Gasteiger partial charge in [-0.1, -0.05) is 6.07 Å². The minimum absolute atomic E-state index is 0.340. The predicted molar refractivity (Wildman–Crippen MR) is 71.8 cm³/mol. The molecule has 0 saturated carbocycles. The Hall–Kier alpha value is -2.23. The van der Waals surface area contributed by atoms with Crippen molar-refractivity contribution >= 4 is 11.7 Å². The predicted octanol–water partition coefficient (Wildman–Crippen LogP) is 2.55. The summed E-state index contributed by atoms with van der Waals surface area (Å²) < 4.78 is 1.92. The Morgan fingerprint density at radius 3 is 2.56 bits per heavy atom. The Morgan fingerprint density at radius 2 is 2.00 bits per heavy atom. The van der Waals surface area contributed by atoms with Crippen LogP contribution >= 0.6 is 0 Å². The second-order valence-electron chi connectivity index (χ2n) is 4.48. The van der Waals surface area contributed by atoms with Crippen LogP contribution in [0.25, 0.3) is 5.69 Å². The van der Waals surface area contributed by atoms with Crippen molar-refractivity contribution in [2.75, 3.05) is 19.0 Å². The van der Waals surface area contributed by atoms with Crippen molar-refractivity contribution in [3.05, 3.63) is 47.8 Å². The van der Waals surface area contributed by atoms with E-state index in [-0.39, 0.29) is 0 Å². The van der Waals surface area contributed by atoms with Crippen molar-refractivity contribution in [3.8, 4) is 5.69 Å². The lowest BCUT2D eigenvalue weighted by molar-refractivity contribution is 0.0696. The molecule has 0 aliphatic carbocycles. The highest BCUT2D eigenvalue weighted by Gasteiger charge is 2.09. The summed E-state index contributed by atoms with van der Waals surface area (Å²) in [6.07, 6.45) is 3.89.